The first-order chi connectivity index (χ1) is 13.3. The first-order valence-electron chi connectivity index (χ1n) is 8.60. The van der Waals surface area contributed by atoms with Gasteiger partial charge < -0.3 is 15.4 Å². The third kappa shape index (κ3) is 6.31. The van der Waals surface area contributed by atoms with Crippen molar-refractivity contribution < 1.29 is 18.7 Å². The number of thiazole rings is 1. The molecule has 0 bridgehead atoms. The van der Waals surface area contributed by atoms with Crippen LogP contribution in [-0.2, 0) is 11.2 Å². The van der Waals surface area contributed by atoms with Gasteiger partial charge in [-0.15, -0.1) is 11.3 Å². The molecular weight excluding hydrogens is 405 g/mol. The van der Waals surface area contributed by atoms with E-state index in [4.69, 9.17) is 16.3 Å². The number of halogens is 2. The van der Waals surface area contributed by atoms with Gasteiger partial charge in [0.05, 0.1) is 15.7 Å². The molecule has 0 aliphatic rings. The van der Waals surface area contributed by atoms with Gasteiger partial charge in [0.25, 0.3) is 11.8 Å². The first kappa shape index (κ1) is 21.8. The standard InChI is InChI=1S/C19H21ClFN3O3S/c1-4-17-24-12(3)18(28-17)19(26)22-8-7-11(2)23-16(25)10-27-13-5-6-14(20)15(21)9-13/h5-6,9H,2,4,7-8,10H2,1,3H3,(H,22,26)(H,23,25). The third-order valence-electron chi connectivity index (χ3n) is 3.64. The van der Waals surface area contributed by atoms with Crippen LogP contribution in [0.3, 0.4) is 0 Å². The van der Waals surface area contributed by atoms with Gasteiger partial charge >= 0.3 is 0 Å². The Morgan fingerprint density at radius 1 is 1.39 bits per heavy atom. The van der Waals surface area contributed by atoms with E-state index >= 15 is 0 Å². The van der Waals surface area contributed by atoms with Crippen LogP contribution in [0.5, 0.6) is 5.75 Å². The van der Waals surface area contributed by atoms with Crippen molar-refractivity contribution in [2.24, 2.45) is 0 Å². The summed E-state index contributed by atoms with van der Waals surface area (Å²) in [6.45, 7) is 7.56. The maximum absolute atomic E-state index is 13.3. The normalized spacial score (nSPS) is 10.4. The Kier molecular flexibility index (Phi) is 7.95. The molecule has 0 saturated heterocycles. The summed E-state index contributed by atoms with van der Waals surface area (Å²) >= 11 is 6.96. The maximum Gasteiger partial charge on any atom is 0.263 e. The summed E-state index contributed by atoms with van der Waals surface area (Å²) in [7, 11) is 0. The number of benzene rings is 1. The minimum atomic E-state index is -0.623. The molecule has 0 unspecified atom stereocenters. The Hall–Kier alpha value is -2.45. The molecule has 0 atom stereocenters. The van der Waals surface area contributed by atoms with Gasteiger partial charge in [-0.1, -0.05) is 25.1 Å². The number of carbonyl (C=O) groups is 2. The lowest BCUT2D eigenvalue weighted by atomic mass is 10.3. The van der Waals surface area contributed by atoms with Crippen LogP contribution in [0, 0.1) is 12.7 Å². The Morgan fingerprint density at radius 2 is 2.14 bits per heavy atom. The Morgan fingerprint density at radius 3 is 2.79 bits per heavy atom. The highest BCUT2D eigenvalue weighted by Crippen LogP contribution is 2.20. The summed E-state index contributed by atoms with van der Waals surface area (Å²) in [5.41, 5.74) is 1.15. The fraction of sp³-hybridized carbons (Fsp3) is 0.316. The van der Waals surface area contributed by atoms with Gasteiger partial charge in [0, 0.05) is 24.7 Å². The molecule has 2 rings (SSSR count). The Bertz CT molecular complexity index is 885. The van der Waals surface area contributed by atoms with Crippen LogP contribution in [0.4, 0.5) is 4.39 Å². The van der Waals surface area contributed by atoms with Crippen molar-refractivity contribution in [2.45, 2.75) is 26.7 Å². The number of rotatable bonds is 9. The summed E-state index contributed by atoms with van der Waals surface area (Å²) in [6.07, 6.45) is 1.15. The fourth-order valence-electron chi connectivity index (χ4n) is 2.23. The molecule has 9 heteroatoms. The number of aromatic nitrogens is 1. The molecule has 0 radical (unpaired) electrons. The van der Waals surface area contributed by atoms with Crippen molar-refractivity contribution >= 4 is 34.8 Å². The van der Waals surface area contributed by atoms with Crippen LogP contribution in [-0.4, -0.2) is 29.9 Å². The lowest BCUT2D eigenvalue weighted by Gasteiger charge is -2.10. The summed E-state index contributed by atoms with van der Waals surface area (Å²) in [6, 6.07) is 3.92. The van der Waals surface area contributed by atoms with E-state index in [1.165, 1.54) is 23.5 Å². The fourth-order valence-corrected chi connectivity index (χ4v) is 3.27. The molecule has 28 heavy (non-hydrogen) atoms. The monoisotopic (exact) mass is 425 g/mol. The summed E-state index contributed by atoms with van der Waals surface area (Å²) in [5, 5.41) is 6.25. The predicted molar refractivity (Wildman–Crippen MR) is 107 cm³/mol. The number of nitrogens with zero attached hydrogens (tertiary/aromatic N) is 1. The maximum atomic E-state index is 13.3. The largest absolute Gasteiger partial charge is 0.484 e. The topological polar surface area (TPSA) is 80.3 Å². The molecule has 0 aliphatic carbocycles. The second-order valence-electron chi connectivity index (χ2n) is 5.90. The van der Waals surface area contributed by atoms with E-state index in [-0.39, 0.29) is 23.3 Å². The smallest absolute Gasteiger partial charge is 0.263 e. The zero-order valence-corrected chi connectivity index (χ0v) is 17.2. The van der Waals surface area contributed by atoms with Crippen LogP contribution in [0.15, 0.2) is 30.5 Å². The predicted octanol–water partition coefficient (Wildman–Crippen LogP) is 3.64. The van der Waals surface area contributed by atoms with Gasteiger partial charge in [-0.05, 0) is 25.5 Å². The van der Waals surface area contributed by atoms with Crippen molar-refractivity contribution in [3.05, 3.63) is 56.9 Å². The molecule has 2 amide bonds. The molecule has 0 spiro atoms. The van der Waals surface area contributed by atoms with Crippen LogP contribution in [0.2, 0.25) is 5.02 Å². The number of nitrogens with one attached hydrogen (secondary N) is 2. The lowest BCUT2D eigenvalue weighted by Crippen LogP contribution is -2.30. The van der Waals surface area contributed by atoms with Crippen LogP contribution in [0.25, 0.3) is 0 Å². The van der Waals surface area contributed by atoms with Gasteiger partial charge in [0.1, 0.15) is 16.4 Å². The molecule has 0 saturated carbocycles. The van der Waals surface area contributed by atoms with Crippen LogP contribution in [0.1, 0.15) is 33.7 Å². The van der Waals surface area contributed by atoms with Crippen molar-refractivity contribution in [3.8, 4) is 5.75 Å². The van der Waals surface area contributed by atoms with Gasteiger partial charge in [-0.2, -0.15) is 0 Å². The molecule has 1 aromatic carbocycles. The molecular formula is C19H21ClFN3O3S. The molecule has 1 heterocycles. The number of ether oxygens (including phenoxy) is 1. The molecule has 1 aromatic heterocycles. The van der Waals surface area contributed by atoms with E-state index in [0.717, 1.165) is 17.5 Å². The highest BCUT2D eigenvalue weighted by atomic mass is 35.5. The summed E-state index contributed by atoms with van der Waals surface area (Å²) < 4.78 is 18.5. The first-order valence-corrected chi connectivity index (χ1v) is 9.79. The van der Waals surface area contributed by atoms with Crippen molar-refractivity contribution in [1.29, 1.82) is 0 Å². The highest BCUT2D eigenvalue weighted by Gasteiger charge is 2.14. The second-order valence-corrected chi connectivity index (χ2v) is 7.39. The molecule has 2 N–H and O–H groups in total. The van der Waals surface area contributed by atoms with Crippen molar-refractivity contribution in [3.63, 3.8) is 0 Å². The Balaban J connectivity index is 1.71. The SMILES string of the molecule is C=C(CCNC(=O)c1sc(CC)nc1C)NC(=O)COc1ccc(Cl)c(F)c1. The summed E-state index contributed by atoms with van der Waals surface area (Å²) in [5.74, 6) is -1.05. The average molecular weight is 426 g/mol. The molecule has 0 aliphatic heterocycles. The van der Waals surface area contributed by atoms with Crippen molar-refractivity contribution in [1.82, 2.24) is 15.6 Å². The van der Waals surface area contributed by atoms with Crippen molar-refractivity contribution in [2.75, 3.05) is 13.2 Å². The van der Waals surface area contributed by atoms with Crippen LogP contribution >= 0.6 is 22.9 Å². The minimum Gasteiger partial charge on any atom is -0.484 e. The molecule has 2 aromatic rings. The molecule has 6 nitrogen and oxygen atoms in total. The molecule has 150 valence electrons. The van der Waals surface area contributed by atoms with E-state index in [1.54, 1.807) is 6.92 Å². The number of amides is 2. The van der Waals surface area contributed by atoms with E-state index < -0.39 is 11.7 Å². The average Bonchev–Trinajstić information content (AvgIpc) is 3.03. The third-order valence-corrected chi connectivity index (χ3v) is 5.25. The number of hydrogen-bond acceptors (Lipinski definition) is 5. The van der Waals surface area contributed by atoms with Gasteiger partial charge in [0.15, 0.2) is 6.61 Å². The van der Waals surface area contributed by atoms with Gasteiger partial charge in [-0.3, -0.25) is 9.59 Å². The Labute approximate surface area is 171 Å². The minimum absolute atomic E-state index is 0.0216. The van der Waals surface area contributed by atoms with Crippen LogP contribution < -0.4 is 15.4 Å². The van der Waals surface area contributed by atoms with Gasteiger partial charge in [0.2, 0.25) is 0 Å². The number of carbonyl (C=O) groups excluding carboxylic acids is 2. The zero-order valence-electron chi connectivity index (χ0n) is 15.6. The summed E-state index contributed by atoms with van der Waals surface area (Å²) in [4.78, 5) is 29.0. The lowest BCUT2D eigenvalue weighted by molar-refractivity contribution is -0.122. The van der Waals surface area contributed by atoms with E-state index in [0.29, 0.717) is 29.2 Å². The van der Waals surface area contributed by atoms with Gasteiger partial charge in [-0.25, -0.2) is 9.37 Å². The van der Waals surface area contributed by atoms with E-state index in [2.05, 4.69) is 22.2 Å². The second kappa shape index (κ2) is 10.2. The molecule has 0 fully saturated rings. The number of aryl methyl sites for hydroxylation is 2. The number of hydrogen-bond donors (Lipinski definition) is 2. The highest BCUT2D eigenvalue weighted by molar-refractivity contribution is 7.13. The van der Waals surface area contributed by atoms with E-state index in [9.17, 15) is 14.0 Å². The quantitative estimate of drug-likeness (QED) is 0.642. The zero-order chi connectivity index (χ0) is 20.7. The van der Waals surface area contributed by atoms with E-state index in [1.807, 2.05) is 6.92 Å².